The molecular formula is C15H14N2O3S. The van der Waals surface area contributed by atoms with E-state index in [-0.39, 0.29) is 18.9 Å². The first-order chi connectivity index (χ1) is 10.1. The number of hydrogen-bond donors (Lipinski definition) is 2. The van der Waals surface area contributed by atoms with E-state index < -0.39 is 5.97 Å². The molecule has 0 aliphatic rings. The minimum absolute atomic E-state index is 0.0889. The molecule has 1 aromatic heterocycles. The summed E-state index contributed by atoms with van der Waals surface area (Å²) in [6.07, 6.45) is 2.87. The second-order valence-corrected chi connectivity index (χ2v) is 5.07. The predicted molar refractivity (Wildman–Crippen MR) is 81.8 cm³/mol. The standard InChI is InChI=1S/C15H14N2O3S/c18-13(16-9-8-14(19)20)7-6-12-10-21-15(17-12)11-4-2-1-3-5-11/h1-7,10H,8-9H2,(H,16,18)(H,19,20)/b7-6+. The second kappa shape index (κ2) is 7.35. The smallest absolute Gasteiger partial charge is 0.305 e. The summed E-state index contributed by atoms with van der Waals surface area (Å²) in [5, 5.41) is 13.7. The van der Waals surface area contributed by atoms with Gasteiger partial charge in [-0.2, -0.15) is 0 Å². The SMILES string of the molecule is O=C(O)CCNC(=O)/C=C/c1csc(-c2ccccc2)n1. The van der Waals surface area contributed by atoms with Gasteiger partial charge in [0.25, 0.3) is 0 Å². The molecule has 0 unspecified atom stereocenters. The van der Waals surface area contributed by atoms with Gasteiger partial charge in [0.2, 0.25) is 5.91 Å². The van der Waals surface area contributed by atoms with Crippen LogP contribution in [0.5, 0.6) is 0 Å². The number of carbonyl (C=O) groups excluding carboxylic acids is 1. The molecule has 21 heavy (non-hydrogen) atoms. The highest BCUT2D eigenvalue weighted by molar-refractivity contribution is 7.13. The van der Waals surface area contributed by atoms with E-state index in [4.69, 9.17) is 5.11 Å². The quantitative estimate of drug-likeness (QED) is 0.803. The van der Waals surface area contributed by atoms with Gasteiger partial charge in [-0.05, 0) is 6.08 Å². The molecule has 0 saturated heterocycles. The van der Waals surface area contributed by atoms with Gasteiger partial charge in [0.1, 0.15) is 5.01 Å². The van der Waals surface area contributed by atoms with E-state index in [9.17, 15) is 9.59 Å². The Morgan fingerprint density at radius 1 is 1.29 bits per heavy atom. The number of aliphatic carboxylic acids is 1. The maximum Gasteiger partial charge on any atom is 0.305 e. The van der Waals surface area contributed by atoms with E-state index >= 15 is 0 Å². The minimum Gasteiger partial charge on any atom is -0.481 e. The molecule has 2 rings (SSSR count). The van der Waals surface area contributed by atoms with Gasteiger partial charge in [0, 0.05) is 23.6 Å². The number of hydrogen-bond acceptors (Lipinski definition) is 4. The number of carboxylic acid groups (broad SMARTS) is 1. The minimum atomic E-state index is -0.939. The Kier molecular flexibility index (Phi) is 5.22. The molecule has 0 fully saturated rings. The van der Waals surface area contributed by atoms with Crippen LogP contribution in [-0.4, -0.2) is 28.5 Å². The molecule has 1 amide bonds. The van der Waals surface area contributed by atoms with Crippen LogP contribution in [0.3, 0.4) is 0 Å². The number of amides is 1. The molecule has 0 aliphatic carbocycles. The maximum atomic E-state index is 11.5. The van der Waals surface area contributed by atoms with Crippen molar-refractivity contribution in [3.63, 3.8) is 0 Å². The molecule has 1 heterocycles. The molecule has 6 heteroatoms. The average Bonchev–Trinajstić information content (AvgIpc) is 2.94. The Bertz CT molecular complexity index is 650. The summed E-state index contributed by atoms with van der Waals surface area (Å²) in [4.78, 5) is 26.2. The topological polar surface area (TPSA) is 79.3 Å². The van der Waals surface area contributed by atoms with Crippen LogP contribution < -0.4 is 5.32 Å². The van der Waals surface area contributed by atoms with Gasteiger partial charge >= 0.3 is 5.97 Å². The largest absolute Gasteiger partial charge is 0.481 e. The molecule has 0 radical (unpaired) electrons. The third-order valence-electron chi connectivity index (χ3n) is 2.59. The Hall–Kier alpha value is -2.47. The van der Waals surface area contributed by atoms with Crippen LogP contribution in [0, 0.1) is 0 Å². The van der Waals surface area contributed by atoms with Crippen molar-refractivity contribution < 1.29 is 14.7 Å². The summed E-state index contributed by atoms with van der Waals surface area (Å²) in [6.45, 7) is 0.116. The van der Waals surface area contributed by atoms with E-state index in [2.05, 4.69) is 10.3 Å². The fourth-order valence-electron chi connectivity index (χ4n) is 1.59. The van der Waals surface area contributed by atoms with Crippen molar-refractivity contribution in [1.82, 2.24) is 10.3 Å². The van der Waals surface area contributed by atoms with Crippen LogP contribution in [0.25, 0.3) is 16.6 Å². The highest BCUT2D eigenvalue weighted by atomic mass is 32.1. The van der Waals surface area contributed by atoms with E-state index in [1.54, 1.807) is 6.08 Å². The van der Waals surface area contributed by atoms with Crippen LogP contribution in [0.4, 0.5) is 0 Å². The molecule has 108 valence electrons. The molecule has 0 spiro atoms. The monoisotopic (exact) mass is 302 g/mol. The van der Waals surface area contributed by atoms with Crippen molar-refractivity contribution in [2.75, 3.05) is 6.54 Å². The zero-order chi connectivity index (χ0) is 15.1. The first-order valence-corrected chi connectivity index (χ1v) is 7.22. The molecule has 0 aliphatic heterocycles. The van der Waals surface area contributed by atoms with Gasteiger partial charge in [-0.3, -0.25) is 9.59 Å². The van der Waals surface area contributed by atoms with Gasteiger partial charge in [-0.15, -0.1) is 11.3 Å². The number of carboxylic acids is 1. The van der Waals surface area contributed by atoms with Crippen molar-refractivity contribution in [1.29, 1.82) is 0 Å². The molecule has 5 nitrogen and oxygen atoms in total. The zero-order valence-corrected chi connectivity index (χ0v) is 12.0. The molecule has 0 atom stereocenters. The van der Waals surface area contributed by atoms with Crippen LogP contribution >= 0.6 is 11.3 Å². The molecule has 2 N–H and O–H groups in total. The normalized spacial score (nSPS) is 10.7. The fourth-order valence-corrected chi connectivity index (χ4v) is 2.38. The third kappa shape index (κ3) is 4.85. The summed E-state index contributed by atoms with van der Waals surface area (Å²) in [6, 6.07) is 9.79. The summed E-state index contributed by atoms with van der Waals surface area (Å²) in [5.74, 6) is -1.27. The molecule has 0 saturated carbocycles. The first-order valence-electron chi connectivity index (χ1n) is 6.34. The van der Waals surface area contributed by atoms with Gasteiger partial charge in [-0.25, -0.2) is 4.98 Å². The van der Waals surface area contributed by atoms with Crippen molar-refractivity contribution in [3.05, 3.63) is 47.5 Å². The van der Waals surface area contributed by atoms with Crippen LogP contribution in [-0.2, 0) is 9.59 Å². The van der Waals surface area contributed by atoms with Crippen LogP contribution in [0.1, 0.15) is 12.1 Å². The zero-order valence-electron chi connectivity index (χ0n) is 11.2. The number of thiazole rings is 1. The summed E-state index contributed by atoms with van der Waals surface area (Å²) < 4.78 is 0. The highest BCUT2D eigenvalue weighted by Crippen LogP contribution is 2.23. The molecule has 0 bridgehead atoms. The molecule has 1 aromatic carbocycles. The fraction of sp³-hybridized carbons (Fsp3) is 0.133. The van der Waals surface area contributed by atoms with Crippen molar-refractivity contribution >= 4 is 29.3 Å². The number of nitrogens with one attached hydrogen (secondary N) is 1. The van der Waals surface area contributed by atoms with Crippen molar-refractivity contribution in [2.24, 2.45) is 0 Å². The lowest BCUT2D eigenvalue weighted by Gasteiger charge is -1.97. The summed E-state index contributed by atoms with van der Waals surface area (Å²) in [7, 11) is 0. The van der Waals surface area contributed by atoms with E-state index in [0.29, 0.717) is 5.69 Å². The Balaban J connectivity index is 1.92. The van der Waals surface area contributed by atoms with Gasteiger partial charge < -0.3 is 10.4 Å². The summed E-state index contributed by atoms with van der Waals surface area (Å²) in [5.41, 5.74) is 1.74. The van der Waals surface area contributed by atoms with E-state index in [1.165, 1.54) is 17.4 Å². The lowest BCUT2D eigenvalue weighted by Crippen LogP contribution is -2.23. The second-order valence-electron chi connectivity index (χ2n) is 4.21. The Morgan fingerprint density at radius 3 is 2.76 bits per heavy atom. The Labute approximate surface area is 126 Å². The maximum absolute atomic E-state index is 11.5. The van der Waals surface area contributed by atoms with Crippen molar-refractivity contribution in [2.45, 2.75) is 6.42 Å². The van der Waals surface area contributed by atoms with Gasteiger partial charge in [0.15, 0.2) is 0 Å². The average molecular weight is 302 g/mol. The predicted octanol–water partition coefficient (Wildman–Crippen LogP) is 2.41. The Morgan fingerprint density at radius 2 is 2.05 bits per heavy atom. The summed E-state index contributed by atoms with van der Waals surface area (Å²) >= 11 is 1.50. The number of benzene rings is 1. The number of carbonyl (C=O) groups is 2. The number of nitrogens with zero attached hydrogens (tertiary/aromatic N) is 1. The van der Waals surface area contributed by atoms with Crippen LogP contribution in [0.2, 0.25) is 0 Å². The van der Waals surface area contributed by atoms with Gasteiger partial charge in [-0.1, -0.05) is 30.3 Å². The lowest BCUT2D eigenvalue weighted by molar-refractivity contribution is -0.136. The third-order valence-corrected chi connectivity index (χ3v) is 3.50. The lowest BCUT2D eigenvalue weighted by atomic mass is 10.2. The molecule has 2 aromatic rings. The number of rotatable bonds is 6. The highest BCUT2D eigenvalue weighted by Gasteiger charge is 2.03. The van der Waals surface area contributed by atoms with E-state index in [1.807, 2.05) is 35.7 Å². The van der Waals surface area contributed by atoms with E-state index in [0.717, 1.165) is 10.6 Å². The van der Waals surface area contributed by atoms with Crippen molar-refractivity contribution in [3.8, 4) is 10.6 Å². The van der Waals surface area contributed by atoms with Crippen LogP contribution in [0.15, 0.2) is 41.8 Å². The molecular weight excluding hydrogens is 288 g/mol. The first kappa shape index (κ1) is 14.9. The number of aromatic nitrogens is 1. The van der Waals surface area contributed by atoms with Gasteiger partial charge in [0.05, 0.1) is 12.1 Å².